The number of benzene rings is 1. The molecule has 4 nitrogen and oxygen atoms in total. The van der Waals surface area contributed by atoms with Crippen molar-refractivity contribution in [3.8, 4) is 0 Å². The largest absolute Gasteiger partial charge is 0.350 e. The molecule has 0 radical (unpaired) electrons. The SMILES string of the molecule is CCCC/C(=N/NC(N)=O)c1ccc(F)cc1. The highest BCUT2D eigenvalue weighted by Gasteiger charge is 2.04. The van der Waals surface area contributed by atoms with Gasteiger partial charge in [-0.25, -0.2) is 14.6 Å². The number of nitrogens with one attached hydrogen (secondary N) is 1. The van der Waals surface area contributed by atoms with Crippen LogP contribution in [0.5, 0.6) is 0 Å². The molecule has 1 aromatic rings. The summed E-state index contributed by atoms with van der Waals surface area (Å²) in [6, 6.07) is 5.28. The first kappa shape index (κ1) is 13.2. The molecule has 2 amide bonds. The van der Waals surface area contributed by atoms with Crippen LogP contribution in [0.4, 0.5) is 9.18 Å². The smallest absolute Gasteiger partial charge is 0.332 e. The molecule has 0 aromatic heterocycles. The minimum absolute atomic E-state index is 0.300. The number of hydrogen-bond donors (Lipinski definition) is 2. The first-order valence-corrected chi connectivity index (χ1v) is 5.51. The highest BCUT2D eigenvalue weighted by molar-refractivity contribution is 6.00. The number of halogens is 1. The van der Waals surface area contributed by atoms with Crippen LogP contribution in [-0.4, -0.2) is 11.7 Å². The Bertz CT molecular complexity index is 401. The van der Waals surface area contributed by atoms with Gasteiger partial charge in [0.25, 0.3) is 0 Å². The van der Waals surface area contributed by atoms with E-state index in [0.717, 1.165) is 18.4 Å². The Balaban J connectivity index is 2.84. The third-order valence-electron chi connectivity index (χ3n) is 2.25. The fourth-order valence-electron chi connectivity index (χ4n) is 1.37. The van der Waals surface area contributed by atoms with Gasteiger partial charge >= 0.3 is 6.03 Å². The minimum Gasteiger partial charge on any atom is -0.350 e. The molecule has 0 unspecified atom stereocenters. The van der Waals surface area contributed by atoms with Gasteiger partial charge in [0, 0.05) is 0 Å². The Morgan fingerprint density at radius 3 is 2.59 bits per heavy atom. The van der Waals surface area contributed by atoms with Gasteiger partial charge in [0.05, 0.1) is 5.71 Å². The van der Waals surface area contributed by atoms with Crippen LogP contribution in [0.1, 0.15) is 31.7 Å². The Labute approximate surface area is 99.7 Å². The molecule has 0 aliphatic heterocycles. The average Bonchev–Trinajstić information content (AvgIpc) is 2.30. The molecule has 0 aliphatic rings. The summed E-state index contributed by atoms with van der Waals surface area (Å²) >= 11 is 0. The van der Waals surface area contributed by atoms with E-state index in [1.165, 1.54) is 12.1 Å². The van der Waals surface area contributed by atoms with E-state index in [2.05, 4.69) is 17.5 Å². The molecule has 1 rings (SSSR count). The number of nitrogens with zero attached hydrogens (tertiary/aromatic N) is 1. The standard InChI is InChI=1S/C12H16FN3O/c1-2-3-4-11(15-16-12(14)17)9-5-7-10(13)8-6-9/h5-8H,2-4H2,1H3,(H3,14,16,17)/b15-11-. The number of hydrogen-bond acceptors (Lipinski definition) is 2. The predicted molar refractivity (Wildman–Crippen MR) is 65.2 cm³/mol. The van der Waals surface area contributed by atoms with E-state index in [1.807, 2.05) is 0 Å². The van der Waals surface area contributed by atoms with Crippen LogP contribution in [-0.2, 0) is 0 Å². The highest BCUT2D eigenvalue weighted by Crippen LogP contribution is 2.09. The fourth-order valence-corrected chi connectivity index (χ4v) is 1.37. The average molecular weight is 237 g/mol. The first-order valence-electron chi connectivity index (χ1n) is 5.51. The Morgan fingerprint density at radius 1 is 1.41 bits per heavy atom. The molecule has 5 heteroatoms. The van der Waals surface area contributed by atoms with Crippen molar-refractivity contribution in [1.82, 2.24) is 5.43 Å². The van der Waals surface area contributed by atoms with Crippen LogP contribution in [0, 0.1) is 5.82 Å². The third-order valence-corrected chi connectivity index (χ3v) is 2.25. The third kappa shape index (κ3) is 4.63. The molecule has 1 aromatic carbocycles. The Kier molecular flexibility index (Phi) is 5.13. The van der Waals surface area contributed by atoms with Crippen molar-refractivity contribution in [2.75, 3.05) is 0 Å². The van der Waals surface area contributed by atoms with Crippen molar-refractivity contribution in [1.29, 1.82) is 0 Å². The lowest BCUT2D eigenvalue weighted by Crippen LogP contribution is -2.26. The second-order valence-electron chi connectivity index (χ2n) is 3.64. The lowest BCUT2D eigenvalue weighted by Gasteiger charge is -2.06. The maximum Gasteiger partial charge on any atom is 0.332 e. The van der Waals surface area contributed by atoms with E-state index in [0.29, 0.717) is 12.1 Å². The van der Waals surface area contributed by atoms with Crippen molar-refractivity contribution in [2.24, 2.45) is 10.8 Å². The summed E-state index contributed by atoms with van der Waals surface area (Å²) in [7, 11) is 0. The molecule has 17 heavy (non-hydrogen) atoms. The van der Waals surface area contributed by atoms with E-state index in [1.54, 1.807) is 12.1 Å². The topological polar surface area (TPSA) is 67.5 Å². The number of carbonyl (C=O) groups excluding carboxylic acids is 1. The number of nitrogens with two attached hydrogens (primary N) is 1. The van der Waals surface area contributed by atoms with Gasteiger partial charge in [-0.1, -0.05) is 25.5 Å². The lowest BCUT2D eigenvalue weighted by molar-refractivity contribution is 0.249. The highest BCUT2D eigenvalue weighted by atomic mass is 19.1. The van der Waals surface area contributed by atoms with E-state index < -0.39 is 6.03 Å². The molecule has 0 saturated heterocycles. The van der Waals surface area contributed by atoms with Crippen LogP contribution < -0.4 is 11.2 Å². The van der Waals surface area contributed by atoms with Crippen molar-refractivity contribution >= 4 is 11.7 Å². The summed E-state index contributed by atoms with van der Waals surface area (Å²) in [5, 5.41) is 3.93. The van der Waals surface area contributed by atoms with Crippen LogP contribution in [0.15, 0.2) is 29.4 Å². The second kappa shape index (κ2) is 6.62. The van der Waals surface area contributed by atoms with E-state index in [-0.39, 0.29) is 5.82 Å². The molecule has 3 N–H and O–H groups in total. The summed E-state index contributed by atoms with van der Waals surface area (Å²) < 4.78 is 12.8. The summed E-state index contributed by atoms with van der Waals surface area (Å²) in [6.07, 6.45) is 2.66. The number of amides is 2. The number of carbonyl (C=O) groups is 1. The van der Waals surface area contributed by atoms with Gasteiger partial charge in [-0.15, -0.1) is 0 Å². The number of hydrazone groups is 1. The molecule has 0 bridgehead atoms. The zero-order valence-electron chi connectivity index (χ0n) is 9.74. The lowest BCUT2D eigenvalue weighted by atomic mass is 10.1. The number of unbranched alkanes of at least 4 members (excludes halogenated alkanes) is 1. The van der Waals surface area contributed by atoms with Crippen molar-refractivity contribution < 1.29 is 9.18 Å². The van der Waals surface area contributed by atoms with Gasteiger partial charge < -0.3 is 5.73 Å². The first-order chi connectivity index (χ1) is 8.13. The van der Waals surface area contributed by atoms with Gasteiger partial charge in [0.2, 0.25) is 0 Å². The summed E-state index contributed by atoms with van der Waals surface area (Å²) in [6.45, 7) is 2.06. The minimum atomic E-state index is -0.707. The molecule has 0 saturated carbocycles. The Hall–Kier alpha value is -1.91. The maximum absolute atomic E-state index is 12.8. The molecule has 0 spiro atoms. The molecule has 0 heterocycles. The number of rotatable bonds is 5. The normalized spacial score (nSPS) is 11.3. The van der Waals surface area contributed by atoms with Crippen molar-refractivity contribution in [3.05, 3.63) is 35.6 Å². The quantitative estimate of drug-likeness (QED) is 0.599. The van der Waals surface area contributed by atoms with Crippen LogP contribution in [0.3, 0.4) is 0 Å². The van der Waals surface area contributed by atoms with Gasteiger partial charge in [-0.3, -0.25) is 0 Å². The van der Waals surface area contributed by atoms with E-state index in [9.17, 15) is 9.18 Å². The summed E-state index contributed by atoms with van der Waals surface area (Å²) in [5.41, 5.74) is 8.64. The Morgan fingerprint density at radius 2 is 2.06 bits per heavy atom. The zero-order valence-corrected chi connectivity index (χ0v) is 9.74. The summed E-state index contributed by atoms with van der Waals surface area (Å²) in [4.78, 5) is 10.6. The van der Waals surface area contributed by atoms with Crippen LogP contribution >= 0.6 is 0 Å². The predicted octanol–water partition coefficient (Wildman–Crippen LogP) is 2.39. The van der Waals surface area contributed by atoms with Gasteiger partial charge in [-0.05, 0) is 30.5 Å². The number of urea groups is 1. The molecule has 0 aliphatic carbocycles. The summed E-state index contributed by atoms with van der Waals surface area (Å²) in [5.74, 6) is -0.300. The molecule has 0 atom stereocenters. The van der Waals surface area contributed by atoms with Gasteiger partial charge in [0.15, 0.2) is 0 Å². The fraction of sp³-hybridized carbons (Fsp3) is 0.333. The maximum atomic E-state index is 12.8. The number of primary amides is 1. The molecular weight excluding hydrogens is 221 g/mol. The van der Waals surface area contributed by atoms with Gasteiger partial charge in [0.1, 0.15) is 5.82 Å². The molecular formula is C12H16FN3O. The van der Waals surface area contributed by atoms with Crippen LogP contribution in [0.2, 0.25) is 0 Å². The zero-order chi connectivity index (χ0) is 12.7. The van der Waals surface area contributed by atoms with Crippen molar-refractivity contribution in [2.45, 2.75) is 26.2 Å². The van der Waals surface area contributed by atoms with Crippen molar-refractivity contribution in [3.63, 3.8) is 0 Å². The van der Waals surface area contributed by atoms with Crippen LogP contribution in [0.25, 0.3) is 0 Å². The molecule has 92 valence electrons. The van der Waals surface area contributed by atoms with E-state index >= 15 is 0 Å². The monoisotopic (exact) mass is 237 g/mol. The second-order valence-corrected chi connectivity index (χ2v) is 3.64. The van der Waals surface area contributed by atoms with Gasteiger partial charge in [-0.2, -0.15) is 5.10 Å². The van der Waals surface area contributed by atoms with E-state index in [4.69, 9.17) is 5.73 Å². The molecule has 0 fully saturated rings.